The molecule has 0 heterocycles. The van der Waals surface area contributed by atoms with Crippen molar-refractivity contribution < 1.29 is 47.6 Å². The van der Waals surface area contributed by atoms with Crippen LogP contribution in [0, 0.1) is 0 Å². The van der Waals surface area contributed by atoms with Crippen molar-refractivity contribution in [3.05, 3.63) is 0 Å². The standard InChI is InChI=1S/C17H36O4S.Na/c1-3-5-6-10-13-16(18)14-11-8-7-9-12-15-17(4-2)22(19,20)21;/h16-18H,3-15H2,1-2H3,(H,19,20,21);/q;+1/p-1. The summed E-state index contributed by atoms with van der Waals surface area (Å²) in [5.74, 6) is 0. The van der Waals surface area contributed by atoms with Crippen molar-refractivity contribution in [3.8, 4) is 0 Å². The number of hydrogen-bond acceptors (Lipinski definition) is 4. The van der Waals surface area contributed by atoms with Crippen LogP contribution in [0.5, 0.6) is 0 Å². The quantitative estimate of drug-likeness (QED) is 0.272. The first-order valence-corrected chi connectivity index (χ1v) is 10.5. The van der Waals surface area contributed by atoms with Gasteiger partial charge in [-0.25, -0.2) is 8.42 Å². The van der Waals surface area contributed by atoms with E-state index in [0.717, 1.165) is 51.4 Å². The van der Waals surface area contributed by atoms with Crippen LogP contribution in [0.25, 0.3) is 0 Å². The van der Waals surface area contributed by atoms with Gasteiger partial charge in [0.1, 0.15) is 0 Å². The molecule has 0 rings (SSSR count). The van der Waals surface area contributed by atoms with E-state index in [0.29, 0.717) is 12.8 Å². The third kappa shape index (κ3) is 16.1. The Hall–Kier alpha value is 0.870. The first kappa shape index (κ1) is 26.1. The molecule has 2 atom stereocenters. The van der Waals surface area contributed by atoms with Crippen LogP contribution in [0.2, 0.25) is 0 Å². The van der Waals surface area contributed by atoms with Crippen LogP contribution in [0.4, 0.5) is 0 Å². The van der Waals surface area contributed by atoms with Crippen molar-refractivity contribution in [2.45, 2.75) is 109 Å². The molecule has 0 aromatic heterocycles. The van der Waals surface area contributed by atoms with Crippen LogP contribution < -0.4 is 29.6 Å². The zero-order valence-electron chi connectivity index (χ0n) is 15.4. The van der Waals surface area contributed by atoms with Crippen LogP contribution in [-0.4, -0.2) is 29.4 Å². The van der Waals surface area contributed by atoms with Gasteiger partial charge in [-0.2, -0.15) is 0 Å². The van der Waals surface area contributed by atoms with Crippen LogP contribution in [0.1, 0.15) is 97.3 Å². The average molecular weight is 359 g/mol. The number of rotatable bonds is 15. The maximum atomic E-state index is 10.9. The maximum Gasteiger partial charge on any atom is 1.00 e. The summed E-state index contributed by atoms with van der Waals surface area (Å²) in [5, 5.41) is 9.13. The van der Waals surface area contributed by atoms with Crippen molar-refractivity contribution in [1.82, 2.24) is 0 Å². The van der Waals surface area contributed by atoms with Gasteiger partial charge in [-0.1, -0.05) is 71.6 Å². The zero-order valence-corrected chi connectivity index (χ0v) is 18.2. The summed E-state index contributed by atoms with van der Waals surface area (Å²) in [7, 11) is -4.12. The Bertz CT molecular complexity index is 347. The first-order valence-electron chi connectivity index (χ1n) is 9.04. The predicted octanol–water partition coefficient (Wildman–Crippen LogP) is 1.38. The summed E-state index contributed by atoms with van der Waals surface area (Å²) in [5.41, 5.74) is 0. The summed E-state index contributed by atoms with van der Waals surface area (Å²) in [6.07, 6.45) is 12.3. The van der Waals surface area contributed by atoms with E-state index in [1.165, 1.54) is 19.3 Å². The van der Waals surface area contributed by atoms with E-state index in [4.69, 9.17) is 0 Å². The van der Waals surface area contributed by atoms with Crippen molar-refractivity contribution in [3.63, 3.8) is 0 Å². The van der Waals surface area contributed by atoms with Gasteiger partial charge < -0.3 is 9.66 Å². The summed E-state index contributed by atoms with van der Waals surface area (Å²) in [6, 6.07) is 0. The molecule has 2 unspecified atom stereocenters. The largest absolute Gasteiger partial charge is 1.00 e. The van der Waals surface area contributed by atoms with Gasteiger partial charge in [0.2, 0.25) is 0 Å². The summed E-state index contributed by atoms with van der Waals surface area (Å²) in [6.45, 7) is 3.94. The van der Waals surface area contributed by atoms with Crippen molar-refractivity contribution in [2.24, 2.45) is 0 Å². The normalized spacial score (nSPS) is 14.3. The molecule has 0 fully saturated rings. The van der Waals surface area contributed by atoms with E-state index in [1.54, 1.807) is 6.92 Å². The number of hydrogen-bond donors (Lipinski definition) is 1. The van der Waals surface area contributed by atoms with Crippen LogP contribution in [-0.2, 0) is 10.1 Å². The molecular formula is C17H35NaO4S. The first-order chi connectivity index (χ1) is 10.4. The van der Waals surface area contributed by atoms with Gasteiger partial charge >= 0.3 is 29.6 Å². The summed E-state index contributed by atoms with van der Waals surface area (Å²) < 4.78 is 32.8. The molecule has 0 aliphatic carbocycles. The zero-order chi connectivity index (χ0) is 16.8. The molecule has 0 radical (unpaired) electrons. The van der Waals surface area contributed by atoms with Gasteiger partial charge in [-0.15, -0.1) is 0 Å². The van der Waals surface area contributed by atoms with Gasteiger partial charge in [0.05, 0.1) is 16.2 Å². The van der Waals surface area contributed by atoms with Crippen LogP contribution in [0.15, 0.2) is 0 Å². The number of aliphatic hydroxyl groups is 1. The Morgan fingerprint density at radius 3 is 1.70 bits per heavy atom. The Kier molecular flexibility index (Phi) is 18.5. The maximum absolute atomic E-state index is 10.9. The molecule has 0 saturated heterocycles. The van der Waals surface area contributed by atoms with E-state index in [9.17, 15) is 18.1 Å². The SMILES string of the molecule is CCCCCCC(O)CCCCCCCC(CC)S(=O)(=O)[O-].[Na+]. The molecule has 0 aromatic rings. The summed E-state index contributed by atoms with van der Waals surface area (Å²) in [4.78, 5) is 0. The Morgan fingerprint density at radius 1 is 0.826 bits per heavy atom. The molecule has 6 heteroatoms. The van der Waals surface area contributed by atoms with E-state index in [-0.39, 0.29) is 35.7 Å². The van der Waals surface area contributed by atoms with E-state index >= 15 is 0 Å². The Labute approximate surface area is 165 Å². The van der Waals surface area contributed by atoms with Crippen molar-refractivity contribution in [1.29, 1.82) is 0 Å². The minimum atomic E-state index is -4.12. The second kappa shape index (κ2) is 16.3. The van der Waals surface area contributed by atoms with E-state index in [2.05, 4.69) is 6.92 Å². The van der Waals surface area contributed by atoms with E-state index in [1.807, 2.05) is 0 Å². The molecular weight excluding hydrogens is 323 g/mol. The minimum absolute atomic E-state index is 0. The molecule has 4 nitrogen and oxygen atoms in total. The topological polar surface area (TPSA) is 77.4 Å². The molecule has 23 heavy (non-hydrogen) atoms. The molecule has 0 bridgehead atoms. The fourth-order valence-electron chi connectivity index (χ4n) is 2.79. The predicted molar refractivity (Wildman–Crippen MR) is 90.9 cm³/mol. The molecule has 1 N–H and O–H groups in total. The van der Waals surface area contributed by atoms with Crippen LogP contribution in [0.3, 0.4) is 0 Å². The third-order valence-corrected chi connectivity index (χ3v) is 5.70. The Balaban J connectivity index is 0. The number of unbranched alkanes of at least 4 members (excludes halogenated alkanes) is 7. The molecule has 0 saturated carbocycles. The minimum Gasteiger partial charge on any atom is -0.748 e. The Morgan fingerprint density at radius 2 is 1.26 bits per heavy atom. The fraction of sp³-hybridized carbons (Fsp3) is 1.00. The molecule has 0 spiro atoms. The molecule has 0 aliphatic heterocycles. The monoisotopic (exact) mass is 358 g/mol. The molecule has 0 aromatic carbocycles. The summed E-state index contributed by atoms with van der Waals surface area (Å²) >= 11 is 0. The second-order valence-electron chi connectivity index (χ2n) is 6.37. The molecule has 0 aliphatic rings. The number of aliphatic hydroxyl groups excluding tert-OH is 1. The third-order valence-electron chi connectivity index (χ3n) is 4.32. The second-order valence-corrected chi connectivity index (χ2v) is 8.02. The van der Waals surface area contributed by atoms with Crippen molar-refractivity contribution in [2.75, 3.05) is 0 Å². The fourth-order valence-corrected chi connectivity index (χ4v) is 3.65. The van der Waals surface area contributed by atoms with E-state index < -0.39 is 15.4 Å². The van der Waals surface area contributed by atoms with Gasteiger partial charge in [0.25, 0.3) is 0 Å². The molecule has 0 amide bonds. The average Bonchev–Trinajstić information content (AvgIpc) is 2.45. The van der Waals surface area contributed by atoms with Crippen LogP contribution >= 0.6 is 0 Å². The van der Waals surface area contributed by atoms with Gasteiger partial charge in [-0.3, -0.25) is 0 Å². The van der Waals surface area contributed by atoms with Gasteiger partial charge in [-0.05, 0) is 25.7 Å². The van der Waals surface area contributed by atoms with Gasteiger partial charge in [0, 0.05) is 5.25 Å². The van der Waals surface area contributed by atoms with Crippen molar-refractivity contribution >= 4 is 10.1 Å². The van der Waals surface area contributed by atoms with Gasteiger partial charge in [0.15, 0.2) is 0 Å². The molecule has 134 valence electrons. The smallest absolute Gasteiger partial charge is 0.748 e.